The Hall–Kier alpha value is -7.30. The summed E-state index contributed by atoms with van der Waals surface area (Å²) in [5.41, 5.74) is 15.1. The summed E-state index contributed by atoms with van der Waals surface area (Å²) < 4.78 is 8.96. The number of hydrogen-bond acceptors (Lipinski definition) is 3. The fourth-order valence-corrected chi connectivity index (χ4v) is 8.54. The highest BCUT2D eigenvalue weighted by molar-refractivity contribution is 6.08. The van der Waals surface area contributed by atoms with Gasteiger partial charge in [-0.25, -0.2) is 9.97 Å². The topological polar surface area (TPSA) is 43.9 Å². The van der Waals surface area contributed by atoms with Crippen molar-refractivity contribution < 1.29 is 4.42 Å². The fraction of sp³-hybridized carbons (Fsp3) is 0.0385. The molecule has 1 aliphatic carbocycles. The molecule has 56 heavy (non-hydrogen) atoms. The first kappa shape index (κ1) is 32.2. The molecule has 1 aliphatic rings. The molecule has 0 saturated heterocycles. The first-order valence-electron chi connectivity index (χ1n) is 19.2. The quantitative estimate of drug-likeness (QED) is 0.172. The van der Waals surface area contributed by atoms with Gasteiger partial charge >= 0.3 is 0 Å². The van der Waals surface area contributed by atoms with Crippen LogP contribution >= 0.6 is 0 Å². The number of allylic oxidation sites excluding steroid dienone is 1. The molecule has 0 bridgehead atoms. The first-order valence-corrected chi connectivity index (χ1v) is 19.2. The molecular formula is C52H35N3O. The van der Waals surface area contributed by atoms with E-state index in [-0.39, 0.29) is 5.92 Å². The Labute approximate surface area is 324 Å². The summed E-state index contributed by atoms with van der Waals surface area (Å²) in [5.74, 6) is 0.734. The molecule has 7 aromatic carbocycles. The van der Waals surface area contributed by atoms with Gasteiger partial charge in [0.2, 0.25) is 0 Å². The van der Waals surface area contributed by atoms with E-state index in [0.717, 1.165) is 79.2 Å². The van der Waals surface area contributed by atoms with Crippen molar-refractivity contribution in [2.75, 3.05) is 0 Å². The van der Waals surface area contributed by atoms with E-state index in [0.29, 0.717) is 0 Å². The molecule has 0 spiro atoms. The molecular weight excluding hydrogens is 683 g/mol. The van der Waals surface area contributed by atoms with Gasteiger partial charge in [0.1, 0.15) is 5.58 Å². The van der Waals surface area contributed by atoms with Gasteiger partial charge in [-0.2, -0.15) is 0 Å². The smallest absolute Gasteiger partial charge is 0.160 e. The summed E-state index contributed by atoms with van der Waals surface area (Å²) in [6.45, 7) is 0. The predicted molar refractivity (Wildman–Crippen MR) is 230 cm³/mol. The third kappa shape index (κ3) is 5.38. The molecule has 1 unspecified atom stereocenters. The van der Waals surface area contributed by atoms with Crippen molar-refractivity contribution in [1.29, 1.82) is 0 Å². The Balaban J connectivity index is 1.05. The maximum Gasteiger partial charge on any atom is 0.160 e. The van der Waals surface area contributed by atoms with E-state index in [2.05, 4.69) is 181 Å². The van der Waals surface area contributed by atoms with Crippen LogP contribution in [0, 0.1) is 0 Å². The van der Waals surface area contributed by atoms with Gasteiger partial charge in [0.25, 0.3) is 0 Å². The molecule has 0 aliphatic heterocycles. The number of para-hydroxylation sites is 3. The van der Waals surface area contributed by atoms with Gasteiger partial charge in [0.05, 0.1) is 28.3 Å². The number of furan rings is 1. The van der Waals surface area contributed by atoms with Gasteiger partial charge < -0.3 is 8.98 Å². The molecule has 0 saturated carbocycles. The second-order valence-electron chi connectivity index (χ2n) is 14.5. The molecule has 4 heteroatoms. The lowest BCUT2D eigenvalue weighted by molar-refractivity contribution is 0.665. The number of nitrogens with zero attached hydrogens (tertiary/aromatic N) is 3. The van der Waals surface area contributed by atoms with Gasteiger partial charge in [-0.15, -0.1) is 0 Å². The minimum Gasteiger partial charge on any atom is -0.454 e. The number of hydrogen-bond donors (Lipinski definition) is 0. The van der Waals surface area contributed by atoms with E-state index >= 15 is 0 Å². The van der Waals surface area contributed by atoms with Crippen molar-refractivity contribution in [2.24, 2.45) is 0 Å². The highest BCUT2D eigenvalue weighted by Crippen LogP contribution is 2.45. The Morgan fingerprint density at radius 2 is 1.12 bits per heavy atom. The molecule has 0 radical (unpaired) electrons. The van der Waals surface area contributed by atoms with Crippen LogP contribution in [0.15, 0.2) is 192 Å². The predicted octanol–water partition coefficient (Wildman–Crippen LogP) is 13.5. The SMILES string of the molecule is C1=Cc2c(c3ccccc3n2-c2cccc3c2oc2ccccc23)C(c2cc(-c3ccccc3)nc(-c3ccc(-c4cccc(-c5ccccc5)c4)cc3)n2)C1. The van der Waals surface area contributed by atoms with Crippen LogP contribution in [0.4, 0.5) is 0 Å². The largest absolute Gasteiger partial charge is 0.454 e. The highest BCUT2D eigenvalue weighted by atomic mass is 16.3. The van der Waals surface area contributed by atoms with Crippen LogP contribution in [-0.2, 0) is 0 Å². The number of aromatic nitrogens is 3. The van der Waals surface area contributed by atoms with Crippen molar-refractivity contribution in [3.05, 3.63) is 205 Å². The van der Waals surface area contributed by atoms with Gasteiger partial charge in [-0.1, -0.05) is 158 Å². The fourth-order valence-electron chi connectivity index (χ4n) is 8.54. The Kier molecular flexibility index (Phi) is 7.59. The summed E-state index contributed by atoms with van der Waals surface area (Å²) in [6.07, 6.45) is 5.40. The summed E-state index contributed by atoms with van der Waals surface area (Å²) >= 11 is 0. The lowest BCUT2D eigenvalue weighted by atomic mass is 9.86. The van der Waals surface area contributed by atoms with E-state index in [4.69, 9.17) is 14.4 Å². The molecule has 1 atom stereocenters. The zero-order valence-electron chi connectivity index (χ0n) is 30.5. The van der Waals surface area contributed by atoms with Crippen LogP contribution in [-0.4, -0.2) is 14.5 Å². The number of fused-ring (bicyclic) bond motifs is 6. The summed E-state index contributed by atoms with van der Waals surface area (Å²) in [7, 11) is 0. The maximum absolute atomic E-state index is 6.59. The molecule has 0 N–H and O–H groups in total. The third-order valence-electron chi connectivity index (χ3n) is 11.2. The Bertz CT molecular complexity index is 3100. The van der Waals surface area contributed by atoms with Crippen LogP contribution in [0.3, 0.4) is 0 Å². The van der Waals surface area contributed by atoms with E-state index in [1.165, 1.54) is 27.6 Å². The number of rotatable bonds is 6. The second kappa shape index (κ2) is 13.2. The van der Waals surface area contributed by atoms with Gasteiger partial charge in [0, 0.05) is 33.2 Å². The highest BCUT2D eigenvalue weighted by Gasteiger charge is 2.29. The minimum absolute atomic E-state index is 0.0141. The normalized spacial score (nSPS) is 13.8. The van der Waals surface area contributed by atoms with Crippen LogP contribution in [0.1, 0.15) is 29.3 Å². The van der Waals surface area contributed by atoms with Crippen molar-refractivity contribution in [3.8, 4) is 50.6 Å². The third-order valence-corrected chi connectivity index (χ3v) is 11.2. The van der Waals surface area contributed by atoms with Gasteiger partial charge in [-0.3, -0.25) is 0 Å². The second-order valence-corrected chi connectivity index (χ2v) is 14.5. The van der Waals surface area contributed by atoms with E-state index in [1.807, 2.05) is 18.2 Å². The summed E-state index contributed by atoms with van der Waals surface area (Å²) in [5, 5.41) is 3.45. The van der Waals surface area contributed by atoms with Crippen molar-refractivity contribution in [1.82, 2.24) is 14.5 Å². The lowest BCUT2D eigenvalue weighted by Crippen LogP contribution is -2.10. The standard InChI is InChI=1S/C52H35N3O/c1-3-14-34(15-4-1)38-18-11-19-39(32-38)35-28-30-37(31-29-35)52-53-44(36-16-5-2-6-17-36)33-45(54-52)42-23-13-25-47-50(42)43-21-7-9-24-46(43)55(47)48-26-12-22-41-40-20-8-10-27-49(40)56-51(41)48/h1-22,24-33,42H,23H2. The molecule has 0 fully saturated rings. The van der Waals surface area contributed by atoms with Gasteiger partial charge in [0.15, 0.2) is 11.4 Å². The molecule has 4 nitrogen and oxygen atoms in total. The molecule has 264 valence electrons. The van der Waals surface area contributed by atoms with Crippen molar-refractivity contribution >= 4 is 38.9 Å². The molecule has 11 rings (SSSR count). The maximum atomic E-state index is 6.59. The zero-order valence-corrected chi connectivity index (χ0v) is 30.5. The minimum atomic E-state index is 0.0141. The van der Waals surface area contributed by atoms with Gasteiger partial charge in [-0.05, 0) is 70.6 Å². The summed E-state index contributed by atoms with van der Waals surface area (Å²) in [4.78, 5) is 10.6. The van der Waals surface area contributed by atoms with Crippen LogP contribution in [0.2, 0.25) is 0 Å². The number of benzene rings is 7. The molecule has 3 heterocycles. The van der Waals surface area contributed by atoms with E-state index in [9.17, 15) is 0 Å². The molecule has 10 aromatic rings. The van der Waals surface area contributed by atoms with E-state index < -0.39 is 0 Å². The first-order chi connectivity index (χ1) is 27.8. The Morgan fingerprint density at radius 3 is 1.93 bits per heavy atom. The van der Waals surface area contributed by atoms with Crippen molar-refractivity contribution in [3.63, 3.8) is 0 Å². The van der Waals surface area contributed by atoms with Crippen LogP contribution < -0.4 is 0 Å². The molecule has 3 aromatic heterocycles. The van der Waals surface area contributed by atoms with E-state index in [1.54, 1.807) is 0 Å². The van der Waals surface area contributed by atoms with Crippen LogP contribution in [0.25, 0.3) is 89.5 Å². The Morgan fingerprint density at radius 1 is 0.500 bits per heavy atom. The summed E-state index contributed by atoms with van der Waals surface area (Å²) in [6, 6.07) is 64.1. The average molecular weight is 718 g/mol. The average Bonchev–Trinajstić information content (AvgIpc) is 3.83. The van der Waals surface area contributed by atoms with Crippen molar-refractivity contribution in [2.45, 2.75) is 12.3 Å². The van der Waals surface area contributed by atoms with Crippen LogP contribution in [0.5, 0.6) is 0 Å². The zero-order chi connectivity index (χ0) is 37.0. The molecule has 0 amide bonds. The lowest BCUT2D eigenvalue weighted by Gasteiger charge is -2.22. The monoisotopic (exact) mass is 717 g/mol.